The van der Waals surface area contributed by atoms with E-state index < -0.39 is 5.41 Å². The highest BCUT2D eigenvalue weighted by Gasteiger charge is 2.50. The Balaban J connectivity index is 1.28. The van der Waals surface area contributed by atoms with E-state index in [1.54, 1.807) is 0 Å². The maximum atomic E-state index is 5.07. The van der Waals surface area contributed by atoms with E-state index in [0.29, 0.717) is 17.5 Å². The quantitative estimate of drug-likeness (QED) is 0.200. The number of hydrogen-bond acceptors (Lipinski definition) is 5. The van der Waals surface area contributed by atoms with Crippen LogP contribution in [-0.2, 0) is 5.41 Å². The van der Waals surface area contributed by atoms with Crippen molar-refractivity contribution in [3.63, 3.8) is 0 Å². The van der Waals surface area contributed by atoms with Crippen molar-refractivity contribution in [2.45, 2.75) is 29.1 Å². The molecule has 0 fully saturated rings. The van der Waals surface area contributed by atoms with Crippen molar-refractivity contribution in [1.82, 2.24) is 19.9 Å². The van der Waals surface area contributed by atoms with Crippen molar-refractivity contribution >= 4 is 11.8 Å². The topological polar surface area (TPSA) is 51.6 Å². The molecule has 0 saturated heterocycles. The van der Waals surface area contributed by atoms with Gasteiger partial charge in [-0.15, -0.1) is 0 Å². The summed E-state index contributed by atoms with van der Waals surface area (Å²) in [5.41, 5.74) is 12.1. The highest BCUT2D eigenvalue weighted by molar-refractivity contribution is 7.99. The number of rotatable bonds is 3. The summed E-state index contributed by atoms with van der Waals surface area (Å²) in [5.74, 6) is 1.92. The van der Waals surface area contributed by atoms with Crippen LogP contribution < -0.4 is 0 Å². The summed E-state index contributed by atoms with van der Waals surface area (Å²) >= 11 is 1.83. The van der Waals surface area contributed by atoms with Gasteiger partial charge in [-0.2, -0.15) is 0 Å². The monoisotopic (exact) mass is 608 g/mol. The number of benzene rings is 5. The molecule has 9 rings (SSSR count). The molecule has 1 spiro atoms. The summed E-state index contributed by atoms with van der Waals surface area (Å²) < 4.78 is 0. The number of fused-ring (bicyclic) bond motifs is 9. The fraction of sp³-hybridized carbons (Fsp3) is 0.0732. The molecule has 0 saturated carbocycles. The second-order valence-corrected chi connectivity index (χ2v) is 13.0. The summed E-state index contributed by atoms with van der Waals surface area (Å²) in [6.07, 6.45) is 0. The average molecular weight is 609 g/mol. The highest BCUT2D eigenvalue weighted by atomic mass is 32.2. The first-order chi connectivity index (χ1) is 22.6. The van der Waals surface area contributed by atoms with Crippen molar-refractivity contribution in [2.24, 2.45) is 0 Å². The Kier molecular flexibility index (Phi) is 6.05. The lowest BCUT2D eigenvalue weighted by molar-refractivity contribution is 0.722. The average Bonchev–Trinajstić information content (AvgIpc) is 3.39. The maximum absolute atomic E-state index is 5.07. The Morgan fingerprint density at radius 3 is 1.74 bits per heavy atom. The Morgan fingerprint density at radius 2 is 1.02 bits per heavy atom. The van der Waals surface area contributed by atoms with Gasteiger partial charge >= 0.3 is 0 Å². The van der Waals surface area contributed by atoms with Crippen molar-refractivity contribution < 1.29 is 0 Å². The van der Waals surface area contributed by atoms with Gasteiger partial charge in [0.15, 0.2) is 17.5 Å². The fourth-order valence-corrected chi connectivity index (χ4v) is 8.50. The minimum absolute atomic E-state index is 0.410. The first kappa shape index (κ1) is 27.0. The molecule has 0 radical (unpaired) electrons. The summed E-state index contributed by atoms with van der Waals surface area (Å²) in [4.78, 5) is 22.2. The van der Waals surface area contributed by atoms with Crippen molar-refractivity contribution in [3.8, 4) is 45.3 Å². The lowest BCUT2D eigenvalue weighted by atomic mass is 9.67. The van der Waals surface area contributed by atoms with Crippen molar-refractivity contribution in [3.05, 3.63) is 167 Å². The number of pyridine rings is 1. The van der Waals surface area contributed by atoms with E-state index in [1.165, 1.54) is 43.2 Å². The van der Waals surface area contributed by atoms with Gasteiger partial charge in [-0.3, -0.25) is 4.98 Å². The molecule has 7 aromatic rings. The molecule has 1 aliphatic heterocycles. The molecule has 218 valence electrons. The van der Waals surface area contributed by atoms with Crippen molar-refractivity contribution in [2.75, 3.05) is 0 Å². The predicted molar refractivity (Wildman–Crippen MR) is 185 cm³/mol. The van der Waals surface area contributed by atoms with Crippen LogP contribution in [0, 0.1) is 13.8 Å². The summed E-state index contributed by atoms with van der Waals surface area (Å²) in [6, 6.07) is 47.6. The van der Waals surface area contributed by atoms with Gasteiger partial charge in [-0.05, 0) is 71.5 Å². The number of aromatic nitrogens is 4. The van der Waals surface area contributed by atoms with Crippen LogP contribution in [0.5, 0.6) is 0 Å². The Bertz CT molecular complexity index is 2280. The van der Waals surface area contributed by atoms with Crippen LogP contribution in [0.15, 0.2) is 143 Å². The van der Waals surface area contributed by atoms with E-state index in [0.717, 1.165) is 28.1 Å². The number of aryl methyl sites for hydroxylation is 2. The highest BCUT2D eigenvalue weighted by Crippen LogP contribution is 2.62. The fourth-order valence-electron chi connectivity index (χ4n) is 7.26. The third kappa shape index (κ3) is 3.95. The van der Waals surface area contributed by atoms with Crippen LogP contribution >= 0.6 is 11.8 Å². The molecule has 2 aliphatic rings. The Hall–Kier alpha value is -5.39. The molecule has 0 bridgehead atoms. The zero-order valence-electron chi connectivity index (χ0n) is 25.4. The molecule has 1 aliphatic carbocycles. The van der Waals surface area contributed by atoms with Gasteiger partial charge in [0.05, 0.1) is 5.41 Å². The summed E-state index contributed by atoms with van der Waals surface area (Å²) in [5, 5.41) is 0. The molecule has 0 atom stereocenters. The van der Waals surface area contributed by atoms with Crippen LogP contribution in [0.3, 0.4) is 0 Å². The van der Waals surface area contributed by atoms with E-state index in [4.69, 9.17) is 19.9 Å². The molecule has 2 aromatic heterocycles. The zero-order chi connectivity index (χ0) is 30.8. The summed E-state index contributed by atoms with van der Waals surface area (Å²) in [6.45, 7) is 4.01. The molecule has 0 amide bonds. The molecule has 0 unspecified atom stereocenters. The molecular weight excluding hydrogens is 581 g/mol. The van der Waals surface area contributed by atoms with Gasteiger partial charge < -0.3 is 0 Å². The molecule has 0 N–H and O–H groups in total. The van der Waals surface area contributed by atoms with Crippen LogP contribution in [0.2, 0.25) is 0 Å². The second kappa shape index (κ2) is 10.3. The second-order valence-electron chi connectivity index (χ2n) is 11.9. The zero-order valence-corrected chi connectivity index (χ0v) is 26.2. The smallest absolute Gasteiger partial charge is 0.165 e. The van der Waals surface area contributed by atoms with Gasteiger partial charge in [0.2, 0.25) is 0 Å². The lowest BCUT2D eigenvalue weighted by Gasteiger charge is -2.39. The Morgan fingerprint density at radius 1 is 0.435 bits per heavy atom. The minimum Gasteiger partial charge on any atom is -0.258 e. The van der Waals surface area contributed by atoms with Crippen molar-refractivity contribution in [1.29, 1.82) is 0 Å². The van der Waals surface area contributed by atoms with Gasteiger partial charge in [0.1, 0.15) is 0 Å². The molecule has 5 heteroatoms. The van der Waals surface area contributed by atoms with E-state index in [2.05, 4.69) is 97.1 Å². The molecule has 3 heterocycles. The van der Waals surface area contributed by atoms with Gasteiger partial charge in [0, 0.05) is 37.9 Å². The standard InChI is InChI=1S/C41H28N4S/c1-25-20-22-29(26(2)42-25)40-44-38(27-12-4-3-5-13-27)43-39(45-40)28-21-23-35-37(24-28)46-36-19-11-10-18-34(36)41(35)32-16-8-6-14-30(32)31-15-7-9-17-33(31)41/h3-24H,1-2H3. The normalized spacial score (nSPS) is 13.5. The largest absolute Gasteiger partial charge is 0.258 e. The number of hydrogen-bond donors (Lipinski definition) is 0. The first-order valence-corrected chi connectivity index (χ1v) is 16.3. The minimum atomic E-state index is -0.410. The first-order valence-electron chi connectivity index (χ1n) is 15.5. The molecule has 4 nitrogen and oxygen atoms in total. The third-order valence-corrected chi connectivity index (χ3v) is 10.4. The SMILES string of the molecule is Cc1ccc(-c2nc(-c3ccccc3)nc(-c3ccc4c(c3)Sc3ccccc3C43c4ccccc4-c4ccccc43)n2)c(C)n1. The van der Waals surface area contributed by atoms with Crippen LogP contribution in [-0.4, -0.2) is 19.9 Å². The third-order valence-electron chi connectivity index (χ3n) is 9.24. The Labute approximate surface area is 272 Å². The maximum Gasteiger partial charge on any atom is 0.165 e. The van der Waals surface area contributed by atoms with E-state index in [9.17, 15) is 0 Å². The number of nitrogens with zero attached hydrogens (tertiary/aromatic N) is 4. The van der Waals surface area contributed by atoms with Gasteiger partial charge in [-0.25, -0.2) is 15.0 Å². The molecule has 46 heavy (non-hydrogen) atoms. The van der Waals surface area contributed by atoms with E-state index in [-0.39, 0.29) is 0 Å². The van der Waals surface area contributed by atoms with Crippen LogP contribution in [0.1, 0.15) is 33.6 Å². The van der Waals surface area contributed by atoms with Crippen LogP contribution in [0.4, 0.5) is 0 Å². The van der Waals surface area contributed by atoms with E-state index >= 15 is 0 Å². The van der Waals surface area contributed by atoms with E-state index in [1.807, 2.05) is 62.0 Å². The summed E-state index contributed by atoms with van der Waals surface area (Å²) in [7, 11) is 0. The predicted octanol–water partition coefficient (Wildman–Crippen LogP) is 9.71. The lowest BCUT2D eigenvalue weighted by Crippen LogP contribution is -2.31. The van der Waals surface area contributed by atoms with Gasteiger partial charge in [0.25, 0.3) is 0 Å². The molecule has 5 aromatic carbocycles. The van der Waals surface area contributed by atoms with Crippen LogP contribution in [0.25, 0.3) is 45.3 Å². The molecular formula is C41H28N4S. The van der Waals surface area contributed by atoms with Gasteiger partial charge in [-0.1, -0.05) is 121 Å².